The smallest absolute Gasteiger partial charge is 0.252 e. The van der Waals surface area contributed by atoms with E-state index in [2.05, 4.69) is 15.5 Å². The Kier molecular flexibility index (Phi) is 6.74. The topological polar surface area (TPSA) is 101 Å². The van der Waals surface area contributed by atoms with Crippen molar-refractivity contribution in [2.45, 2.75) is 39.7 Å². The summed E-state index contributed by atoms with van der Waals surface area (Å²) in [5.74, 6) is 1.56. The van der Waals surface area contributed by atoms with Crippen molar-refractivity contribution in [3.8, 4) is 28.8 Å². The number of oxazole rings is 1. The summed E-state index contributed by atoms with van der Waals surface area (Å²) in [6.45, 7) is 7.88. The van der Waals surface area contributed by atoms with Crippen LogP contribution in [0.25, 0.3) is 16.9 Å². The fourth-order valence-electron chi connectivity index (χ4n) is 3.28. The number of hydrogen-bond donors (Lipinski definition) is 1. The molecule has 172 valence electrons. The lowest BCUT2D eigenvalue weighted by atomic mass is 10.1. The molecule has 2 aromatic heterocycles. The maximum absolute atomic E-state index is 9.34. The van der Waals surface area contributed by atoms with Gasteiger partial charge in [0.05, 0.1) is 18.0 Å². The molecule has 0 fully saturated rings. The van der Waals surface area contributed by atoms with Crippen molar-refractivity contribution in [3.05, 3.63) is 77.9 Å². The Balaban J connectivity index is 1.66. The second kappa shape index (κ2) is 10.0. The zero-order chi connectivity index (χ0) is 24.1. The molecule has 0 unspecified atom stereocenters. The van der Waals surface area contributed by atoms with Gasteiger partial charge in [-0.1, -0.05) is 32.0 Å². The van der Waals surface area contributed by atoms with Crippen molar-refractivity contribution in [1.82, 2.24) is 14.8 Å². The minimum atomic E-state index is 0.0602. The molecule has 0 aliphatic rings. The van der Waals surface area contributed by atoms with Gasteiger partial charge in [-0.05, 0) is 50.2 Å². The highest BCUT2D eigenvalue weighted by Crippen LogP contribution is 2.26. The van der Waals surface area contributed by atoms with Crippen LogP contribution in [-0.4, -0.2) is 27.1 Å². The first-order valence-electron chi connectivity index (χ1n) is 11.1. The van der Waals surface area contributed by atoms with Crippen LogP contribution < -0.4 is 10.2 Å². The van der Waals surface area contributed by atoms with Gasteiger partial charge < -0.3 is 9.15 Å². The monoisotopic (exact) mass is 454 g/mol. The molecule has 8 heteroatoms. The molecular formula is C26H26N6O2. The van der Waals surface area contributed by atoms with Crippen molar-refractivity contribution in [2.75, 3.05) is 5.43 Å². The molecular weight excluding hydrogens is 428 g/mol. The van der Waals surface area contributed by atoms with E-state index in [-0.39, 0.29) is 23.6 Å². The highest BCUT2D eigenvalue weighted by molar-refractivity contribution is 5.89. The molecule has 0 aliphatic heterocycles. The average molecular weight is 455 g/mol. The van der Waals surface area contributed by atoms with Crippen LogP contribution in [0, 0.1) is 11.3 Å². The third kappa shape index (κ3) is 5.15. The van der Waals surface area contributed by atoms with Crippen molar-refractivity contribution in [3.63, 3.8) is 0 Å². The summed E-state index contributed by atoms with van der Waals surface area (Å²) in [7, 11) is 0. The van der Waals surface area contributed by atoms with Gasteiger partial charge in [0.1, 0.15) is 17.5 Å². The van der Waals surface area contributed by atoms with Gasteiger partial charge in [0.2, 0.25) is 11.6 Å². The van der Waals surface area contributed by atoms with Crippen LogP contribution in [0.2, 0.25) is 0 Å². The number of ether oxygens (including phenoxy) is 1. The zero-order valence-corrected chi connectivity index (χ0v) is 19.6. The minimum absolute atomic E-state index is 0.0602. The zero-order valence-electron chi connectivity index (χ0n) is 19.6. The summed E-state index contributed by atoms with van der Waals surface area (Å²) in [5.41, 5.74) is 6.37. The van der Waals surface area contributed by atoms with Crippen LogP contribution in [-0.2, 0) is 0 Å². The predicted octanol–water partition coefficient (Wildman–Crippen LogP) is 5.76. The molecule has 0 saturated carbocycles. The Bertz CT molecular complexity index is 1310. The molecule has 34 heavy (non-hydrogen) atoms. The molecule has 0 aliphatic carbocycles. The number of benzene rings is 2. The number of rotatable bonds is 8. The molecule has 0 spiro atoms. The van der Waals surface area contributed by atoms with Gasteiger partial charge in [-0.15, -0.1) is 0 Å². The van der Waals surface area contributed by atoms with Crippen molar-refractivity contribution in [1.29, 1.82) is 5.26 Å². The SMILES string of the molecule is CC(C)Oc1ccc(-c2nn(-c3ccccc3)cc2/C=N/Nc2oc(C(C)C)nc2C#N)cc1. The molecule has 4 rings (SSSR count). The summed E-state index contributed by atoms with van der Waals surface area (Å²) in [6.07, 6.45) is 3.65. The molecule has 8 nitrogen and oxygen atoms in total. The quantitative estimate of drug-likeness (QED) is 0.268. The second-order valence-corrected chi connectivity index (χ2v) is 8.27. The van der Waals surface area contributed by atoms with Gasteiger partial charge in [0, 0.05) is 23.2 Å². The normalized spacial score (nSPS) is 11.3. The Morgan fingerprint density at radius 2 is 1.82 bits per heavy atom. The fraction of sp³-hybridized carbons (Fsp3) is 0.231. The van der Waals surface area contributed by atoms with E-state index < -0.39 is 0 Å². The number of nitrogens with one attached hydrogen (secondary N) is 1. The molecule has 0 atom stereocenters. The summed E-state index contributed by atoms with van der Waals surface area (Å²) < 4.78 is 13.2. The summed E-state index contributed by atoms with van der Waals surface area (Å²) >= 11 is 0. The van der Waals surface area contributed by atoms with Gasteiger partial charge in [-0.3, -0.25) is 0 Å². The highest BCUT2D eigenvalue weighted by atomic mass is 16.5. The van der Waals surface area contributed by atoms with Crippen LogP contribution in [0.1, 0.15) is 50.8 Å². The van der Waals surface area contributed by atoms with Gasteiger partial charge in [-0.25, -0.2) is 15.1 Å². The fourth-order valence-corrected chi connectivity index (χ4v) is 3.28. The largest absolute Gasteiger partial charge is 0.491 e. The molecule has 2 heterocycles. The lowest BCUT2D eigenvalue weighted by Gasteiger charge is -2.09. The van der Waals surface area contributed by atoms with E-state index in [1.54, 1.807) is 10.9 Å². The van der Waals surface area contributed by atoms with E-state index in [0.29, 0.717) is 5.89 Å². The average Bonchev–Trinajstić information content (AvgIpc) is 3.44. The maximum Gasteiger partial charge on any atom is 0.252 e. The van der Waals surface area contributed by atoms with Crippen LogP contribution in [0.3, 0.4) is 0 Å². The van der Waals surface area contributed by atoms with Gasteiger partial charge in [0.15, 0.2) is 0 Å². The second-order valence-electron chi connectivity index (χ2n) is 8.27. The Morgan fingerprint density at radius 3 is 2.47 bits per heavy atom. The van der Waals surface area contributed by atoms with Gasteiger partial charge >= 0.3 is 0 Å². The van der Waals surface area contributed by atoms with Crippen LogP contribution in [0.15, 0.2) is 70.3 Å². The van der Waals surface area contributed by atoms with Gasteiger partial charge in [0.25, 0.3) is 5.88 Å². The Labute approximate surface area is 198 Å². The molecule has 0 radical (unpaired) electrons. The Morgan fingerprint density at radius 1 is 1.09 bits per heavy atom. The third-order valence-electron chi connectivity index (χ3n) is 4.88. The van der Waals surface area contributed by atoms with Crippen molar-refractivity contribution < 1.29 is 9.15 Å². The van der Waals surface area contributed by atoms with E-state index in [0.717, 1.165) is 28.3 Å². The van der Waals surface area contributed by atoms with Crippen molar-refractivity contribution in [2.24, 2.45) is 5.10 Å². The van der Waals surface area contributed by atoms with E-state index in [4.69, 9.17) is 14.3 Å². The third-order valence-corrected chi connectivity index (χ3v) is 4.88. The molecule has 2 aromatic carbocycles. The van der Waals surface area contributed by atoms with Crippen LogP contribution >= 0.6 is 0 Å². The van der Waals surface area contributed by atoms with E-state index in [1.807, 2.05) is 94.6 Å². The van der Waals surface area contributed by atoms with E-state index in [9.17, 15) is 5.26 Å². The van der Waals surface area contributed by atoms with Gasteiger partial charge in [-0.2, -0.15) is 15.5 Å². The standard InChI is InChI=1S/C26H26N6O2/c1-17(2)25-29-23(14-27)26(34-25)30-28-15-20-16-32(21-8-6-5-7-9-21)31-24(20)19-10-12-22(13-11-19)33-18(3)4/h5-13,15-18,30H,1-4H3/b28-15+. The molecule has 4 aromatic rings. The molecule has 0 amide bonds. The number of anilines is 1. The maximum atomic E-state index is 9.34. The first-order valence-corrected chi connectivity index (χ1v) is 11.1. The number of para-hydroxylation sites is 1. The molecule has 0 saturated heterocycles. The predicted molar refractivity (Wildman–Crippen MR) is 131 cm³/mol. The lowest BCUT2D eigenvalue weighted by Crippen LogP contribution is -2.05. The number of hydrazone groups is 1. The van der Waals surface area contributed by atoms with Crippen LogP contribution in [0.4, 0.5) is 5.88 Å². The van der Waals surface area contributed by atoms with E-state index >= 15 is 0 Å². The highest BCUT2D eigenvalue weighted by Gasteiger charge is 2.15. The number of aromatic nitrogens is 3. The summed E-state index contributed by atoms with van der Waals surface area (Å²) in [6, 6.07) is 19.7. The Hall–Kier alpha value is -4.38. The number of nitrogens with zero attached hydrogens (tertiary/aromatic N) is 5. The van der Waals surface area contributed by atoms with Crippen molar-refractivity contribution >= 4 is 12.1 Å². The van der Waals surface area contributed by atoms with E-state index in [1.165, 1.54) is 0 Å². The van der Waals surface area contributed by atoms with Crippen LogP contribution in [0.5, 0.6) is 5.75 Å². The first-order chi connectivity index (χ1) is 16.4. The number of hydrogen-bond acceptors (Lipinski definition) is 7. The first kappa shape index (κ1) is 22.8. The molecule has 1 N–H and O–H groups in total. The molecule has 0 bridgehead atoms. The summed E-state index contributed by atoms with van der Waals surface area (Å²) in [4.78, 5) is 4.20. The minimum Gasteiger partial charge on any atom is -0.491 e. The number of nitriles is 1. The lowest BCUT2D eigenvalue weighted by molar-refractivity contribution is 0.242. The summed E-state index contributed by atoms with van der Waals surface area (Å²) in [5, 5.41) is 18.4.